The fraction of sp³-hybridized carbons (Fsp3) is 0.368. The molecule has 4 aromatic carbocycles. The van der Waals surface area contributed by atoms with E-state index in [4.69, 9.17) is 0 Å². The van der Waals surface area contributed by atoms with Crippen LogP contribution in [0.25, 0.3) is 0 Å². The average Bonchev–Trinajstić information content (AvgIpc) is 2.93. The van der Waals surface area contributed by atoms with Gasteiger partial charge in [0.25, 0.3) is 0 Å². The van der Waals surface area contributed by atoms with Crippen LogP contribution in [-0.2, 0) is 0 Å². The number of benzene rings is 4. The van der Waals surface area contributed by atoms with Crippen LogP contribution in [0, 0.1) is 25.7 Å². The van der Waals surface area contributed by atoms with E-state index in [1.807, 2.05) is 0 Å². The smallest absolute Gasteiger partial charge is 0.0414 e. The molecule has 228 valence electrons. The van der Waals surface area contributed by atoms with Crippen LogP contribution in [-0.4, -0.2) is 12.1 Å². The average molecular weight is 595 g/mol. The summed E-state index contributed by atoms with van der Waals surface area (Å²) in [5.74, 6) is 1.38. The first kappa shape index (κ1) is 32.3. The molecule has 0 aromatic heterocycles. The number of hydrogen-bond donors (Lipinski definition) is 4. The van der Waals surface area contributed by atoms with Gasteiger partial charge in [-0.3, -0.25) is 0 Å². The molecule has 0 aliphatic carbocycles. The highest BCUT2D eigenvalue weighted by Gasteiger charge is 2.08. The van der Waals surface area contributed by atoms with Crippen molar-refractivity contribution in [2.45, 2.75) is 90.1 Å². The predicted octanol–water partition coefficient (Wildman–Crippen LogP) is 11.6. The number of anilines is 6. The zero-order valence-electron chi connectivity index (χ0n) is 27.2. The van der Waals surface area contributed by atoms with Crippen LogP contribution in [0.15, 0.2) is 94.7 Å². The summed E-state index contributed by atoms with van der Waals surface area (Å²) in [5.41, 5.74) is 9.22. The SMILES string of the molecule is Cc1cc(Sc2ccc(Nc3ccc(NC(C)CC(C)C)cc3)c(C)c2)ccc1Nc1ccc(NC(C)CC(C)C)cc1. The van der Waals surface area contributed by atoms with Crippen LogP contribution >= 0.6 is 11.8 Å². The number of nitrogens with one attached hydrogen (secondary N) is 4. The Balaban J connectivity index is 1.32. The Bertz CT molecular complexity index is 1330. The van der Waals surface area contributed by atoms with E-state index in [9.17, 15) is 0 Å². The lowest BCUT2D eigenvalue weighted by molar-refractivity contribution is 0.539. The van der Waals surface area contributed by atoms with Crippen LogP contribution in [0.2, 0.25) is 0 Å². The molecule has 0 fully saturated rings. The normalized spacial score (nSPS) is 12.7. The predicted molar refractivity (Wildman–Crippen MR) is 191 cm³/mol. The minimum Gasteiger partial charge on any atom is -0.383 e. The van der Waals surface area contributed by atoms with E-state index in [2.05, 4.69) is 162 Å². The Hall–Kier alpha value is -3.57. The molecule has 0 spiro atoms. The molecular weight excluding hydrogens is 545 g/mol. The second-order valence-electron chi connectivity index (χ2n) is 12.8. The second kappa shape index (κ2) is 15.2. The van der Waals surface area contributed by atoms with E-state index in [1.165, 1.54) is 20.9 Å². The Morgan fingerprint density at radius 3 is 1.16 bits per heavy atom. The molecule has 5 heteroatoms. The largest absolute Gasteiger partial charge is 0.383 e. The molecule has 0 saturated carbocycles. The third-order valence-corrected chi connectivity index (χ3v) is 8.41. The van der Waals surface area contributed by atoms with Gasteiger partial charge in [-0.1, -0.05) is 39.5 Å². The van der Waals surface area contributed by atoms with Gasteiger partial charge in [0.05, 0.1) is 0 Å². The van der Waals surface area contributed by atoms with Crippen LogP contribution in [0.4, 0.5) is 34.1 Å². The van der Waals surface area contributed by atoms with Gasteiger partial charge in [-0.2, -0.15) is 0 Å². The minimum atomic E-state index is 0.464. The van der Waals surface area contributed by atoms with Crippen LogP contribution < -0.4 is 21.3 Å². The fourth-order valence-electron chi connectivity index (χ4n) is 5.53. The molecule has 4 aromatic rings. The number of hydrogen-bond acceptors (Lipinski definition) is 5. The molecule has 0 aliphatic rings. The second-order valence-corrected chi connectivity index (χ2v) is 14.0. The Morgan fingerprint density at radius 2 is 0.837 bits per heavy atom. The molecule has 43 heavy (non-hydrogen) atoms. The molecule has 4 rings (SSSR count). The van der Waals surface area contributed by atoms with Crippen molar-refractivity contribution in [3.8, 4) is 0 Å². The van der Waals surface area contributed by atoms with E-state index >= 15 is 0 Å². The van der Waals surface area contributed by atoms with Crippen LogP contribution in [0.1, 0.15) is 65.5 Å². The molecule has 0 bridgehead atoms. The zero-order valence-corrected chi connectivity index (χ0v) is 28.0. The van der Waals surface area contributed by atoms with Crippen molar-refractivity contribution in [2.24, 2.45) is 11.8 Å². The molecule has 4 nitrogen and oxygen atoms in total. The molecule has 0 amide bonds. The summed E-state index contributed by atoms with van der Waals surface area (Å²) in [7, 11) is 0. The summed E-state index contributed by atoms with van der Waals surface area (Å²) < 4.78 is 0. The summed E-state index contributed by atoms with van der Waals surface area (Å²) in [6.45, 7) is 17.9. The van der Waals surface area contributed by atoms with Crippen molar-refractivity contribution >= 4 is 45.9 Å². The van der Waals surface area contributed by atoms with E-state index in [-0.39, 0.29) is 0 Å². The first-order valence-corrected chi connectivity index (χ1v) is 16.5. The van der Waals surface area contributed by atoms with Crippen LogP contribution in [0.5, 0.6) is 0 Å². The van der Waals surface area contributed by atoms with Gasteiger partial charge < -0.3 is 21.3 Å². The summed E-state index contributed by atoms with van der Waals surface area (Å²) in [4.78, 5) is 2.47. The van der Waals surface area contributed by atoms with E-state index in [1.54, 1.807) is 11.8 Å². The van der Waals surface area contributed by atoms with Gasteiger partial charge in [-0.15, -0.1) is 0 Å². The third kappa shape index (κ3) is 10.3. The van der Waals surface area contributed by atoms with Gasteiger partial charge in [0.2, 0.25) is 0 Å². The topological polar surface area (TPSA) is 48.1 Å². The monoisotopic (exact) mass is 594 g/mol. The van der Waals surface area contributed by atoms with E-state index in [0.29, 0.717) is 23.9 Å². The highest BCUT2D eigenvalue weighted by Crippen LogP contribution is 2.34. The van der Waals surface area contributed by atoms with Crippen molar-refractivity contribution in [3.63, 3.8) is 0 Å². The molecule has 2 atom stereocenters. The van der Waals surface area contributed by atoms with Crippen molar-refractivity contribution in [3.05, 3.63) is 96.1 Å². The lowest BCUT2D eigenvalue weighted by Crippen LogP contribution is -2.17. The first-order chi connectivity index (χ1) is 20.5. The molecule has 4 N–H and O–H groups in total. The molecule has 0 saturated heterocycles. The fourth-order valence-corrected chi connectivity index (χ4v) is 6.54. The lowest BCUT2D eigenvalue weighted by atomic mass is 10.1. The molecule has 0 heterocycles. The van der Waals surface area contributed by atoms with Gasteiger partial charge in [0, 0.05) is 56.0 Å². The van der Waals surface area contributed by atoms with Gasteiger partial charge in [0.1, 0.15) is 0 Å². The maximum atomic E-state index is 3.60. The van der Waals surface area contributed by atoms with Crippen molar-refractivity contribution in [1.82, 2.24) is 0 Å². The zero-order chi connectivity index (χ0) is 30.9. The number of rotatable bonds is 14. The maximum absolute atomic E-state index is 3.60. The van der Waals surface area contributed by atoms with Gasteiger partial charge >= 0.3 is 0 Å². The van der Waals surface area contributed by atoms with Crippen molar-refractivity contribution in [2.75, 3.05) is 21.3 Å². The van der Waals surface area contributed by atoms with Gasteiger partial charge in [-0.25, -0.2) is 0 Å². The van der Waals surface area contributed by atoms with Crippen molar-refractivity contribution < 1.29 is 0 Å². The molecule has 0 radical (unpaired) electrons. The highest BCUT2D eigenvalue weighted by molar-refractivity contribution is 7.99. The minimum absolute atomic E-state index is 0.464. The van der Waals surface area contributed by atoms with Crippen molar-refractivity contribution in [1.29, 1.82) is 0 Å². The summed E-state index contributed by atoms with van der Waals surface area (Å²) in [5, 5.41) is 14.4. The van der Waals surface area contributed by atoms with E-state index < -0.39 is 0 Å². The lowest BCUT2D eigenvalue weighted by Gasteiger charge is -2.18. The Labute approximate surface area is 264 Å². The quantitative estimate of drug-likeness (QED) is 0.117. The first-order valence-electron chi connectivity index (χ1n) is 15.7. The molecule has 2 unspecified atom stereocenters. The van der Waals surface area contributed by atoms with Gasteiger partial charge in [0.15, 0.2) is 0 Å². The van der Waals surface area contributed by atoms with Gasteiger partial charge in [-0.05, 0) is 148 Å². The third-order valence-electron chi connectivity index (χ3n) is 7.44. The Morgan fingerprint density at radius 1 is 0.488 bits per heavy atom. The number of aryl methyl sites for hydroxylation is 2. The van der Waals surface area contributed by atoms with E-state index in [0.717, 1.165) is 47.0 Å². The highest BCUT2D eigenvalue weighted by atomic mass is 32.2. The maximum Gasteiger partial charge on any atom is 0.0414 e. The Kier molecular flexibility index (Phi) is 11.5. The summed E-state index contributed by atoms with van der Waals surface area (Å²) in [6.07, 6.45) is 2.32. The standard InChI is InChI=1S/C38H50N4S/c1-25(2)21-29(7)39-31-9-13-33(14-10-31)41-37-19-17-35(23-27(37)5)43-36-18-20-38(28(6)24-36)42-34-15-11-32(12-16-34)40-30(8)22-26(3)4/h9-20,23-26,29-30,39-42H,21-22H2,1-8H3. The molecule has 0 aliphatic heterocycles. The van der Waals surface area contributed by atoms with Crippen LogP contribution in [0.3, 0.4) is 0 Å². The molecular formula is C38H50N4S. The summed E-state index contributed by atoms with van der Waals surface area (Å²) in [6, 6.07) is 31.4. The summed E-state index contributed by atoms with van der Waals surface area (Å²) >= 11 is 1.80.